The van der Waals surface area contributed by atoms with Gasteiger partial charge in [-0.3, -0.25) is 14.9 Å². The molecular weight excluding hydrogens is 374 g/mol. The summed E-state index contributed by atoms with van der Waals surface area (Å²) in [5, 5.41) is 11.0. The Labute approximate surface area is 169 Å². The molecule has 8 nitrogen and oxygen atoms in total. The van der Waals surface area contributed by atoms with Gasteiger partial charge in [0.05, 0.1) is 18.1 Å². The van der Waals surface area contributed by atoms with Crippen LogP contribution in [0.5, 0.6) is 11.5 Å². The third-order valence-electron chi connectivity index (χ3n) is 5.26. The van der Waals surface area contributed by atoms with Gasteiger partial charge >= 0.3 is 0 Å². The highest BCUT2D eigenvalue weighted by atomic mass is 16.6. The first-order valence-corrected chi connectivity index (χ1v) is 9.45. The molecule has 0 radical (unpaired) electrons. The van der Waals surface area contributed by atoms with Crippen LogP contribution in [-0.2, 0) is 4.79 Å². The molecule has 0 aromatic heterocycles. The minimum Gasteiger partial charge on any atom is -0.493 e. The van der Waals surface area contributed by atoms with E-state index in [1.807, 2.05) is 0 Å². The second kappa shape index (κ2) is 8.81. The van der Waals surface area contributed by atoms with Gasteiger partial charge in [-0.05, 0) is 37.1 Å². The molecular formula is C21H25N3O5. The number of ether oxygens (including phenoxy) is 2. The van der Waals surface area contributed by atoms with Crippen molar-refractivity contribution in [1.29, 1.82) is 0 Å². The molecule has 0 spiro atoms. The van der Waals surface area contributed by atoms with E-state index >= 15 is 0 Å². The van der Waals surface area contributed by atoms with Gasteiger partial charge in [0.25, 0.3) is 11.6 Å². The lowest BCUT2D eigenvalue weighted by Gasteiger charge is -2.37. The molecule has 2 aromatic rings. The van der Waals surface area contributed by atoms with Crippen LogP contribution in [0, 0.1) is 24.0 Å². The number of carbonyl (C=O) groups excluding carboxylic acids is 1. The number of methoxy groups -OCH3 is 1. The zero-order valence-electron chi connectivity index (χ0n) is 16.9. The van der Waals surface area contributed by atoms with E-state index in [1.54, 1.807) is 4.90 Å². The lowest BCUT2D eigenvalue weighted by Crippen LogP contribution is -2.50. The highest BCUT2D eigenvalue weighted by Crippen LogP contribution is 2.31. The standard InChI is InChI=1S/C21H25N3O5/c1-15-5-4-6-18(16(15)2)22-9-11-23(12-10-22)21(25)14-29-20-13-17(24(26)27)7-8-19(20)28-3/h4-8,13H,9-12,14H2,1-3H3. The molecule has 1 saturated heterocycles. The summed E-state index contributed by atoms with van der Waals surface area (Å²) in [6.07, 6.45) is 0. The first kappa shape index (κ1) is 20.4. The van der Waals surface area contributed by atoms with Crippen LogP contribution in [0.2, 0.25) is 0 Å². The van der Waals surface area contributed by atoms with E-state index in [2.05, 4.69) is 36.9 Å². The van der Waals surface area contributed by atoms with E-state index in [1.165, 1.54) is 42.1 Å². The van der Waals surface area contributed by atoms with Crippen molar-refractivity contribution >= 4 is 17.3 Å². The second-order valence-electron chi connectivity index (χ2n) is 6.97. The van der Waals surface area contributed by atoms with Gasteiger partial charge in [-0.25, -0.2) is 0 Å². The lowest BCUT2D eigenvalue weighted by molar-refractivity contribution is -0.385. The fourth-order valence-corrected chi connectivity index (χ4v) is 3.40. The number of nitrogens with zero attached hydrogens (tertiary/aromatic N) is 3. The van der Waals surface area contributed by atoms with Crippen molar-refractivity contribution in [3.05, 3.63) is 57.6 Å². The van der Waals surface area contributed by atoms with E-state index < -0.39 is 4.92 Å². The smallest absolute Gasteiger partial charge is 0.273 e. The molecule has 0 aliphatic carbocycles. The quantitative estimate of drug-likeness (QED) is 0.548. The number of piperazine rings is 1. The Morgan fingerprint density at radius 1 is 1.10 bits per heavy atom. The summed E-state index contributed by atoms with van der Waals surface area (Å²) in [6.45, 7) is 6.71. The minimum atomic E-state index is -0.513. The maximum absolute atomic E-state index is 12.6. The number of rotatable bonds is 6. The van der Waals surface area contributed by atoms with Crippen molar-refractivity contribution in [2.24, 2.45) is 0 Å². The number of benzene rings is 2. The van der Waals surface area contributed by atoms with Crippen molar-refractivity contribution in [3.63, 3.8) is 0 Å². The topological polar surface area (TPSA) is 85.2 Å². The second-order valence-corrected chi connectivity index (χ2v) is 6.97. The average Bonchev–Trinajstić information content (AvgIpc) is 2.73. The maximum Gasteiger partial charge on any atom is 0.273 e. The van der Waals surface area contributed by atoms with Gasteiger partial charge in [0.2, 0.25) is 0 Å². The molecule has 29 heavy (non-hydrogen) atoms. The minimum absolute atomic E-state index is 0.115. The summed E-state index contributed by atoms with van der Waals surface area (Å²) in [5.41, 5.74) is 3.60. The summed E-state index contributed by atoms with van der Waals surface area (Å²) in [5.74, 6) is 0.381. The molecule has 1 fully saturated rings. The molecule has 1 aliphatic heterocycles. The molecule has 1 aliphatic rings. The Balaban J connectivity index is 1.58. The van der Waals surface area contributed by atoms with Crippen LogP contribution in [-0.4, -0.2) is 55.6 Å². The summed E-state index contributed by atoms with van der Waals surface area (Å²) < 4.78 is 10.7. The number of aryl methyl sites for hydroxylation is 1. The lowest BCUT2D eigenvalue weighted by atomic mass is 10.1. The van der Waals surface area contributed by atoms with Gasteiger partial charge in [-0.1, -0.05) is 12.1 Å². The van der Waals surface area contributed by atoms with E-state index in [0.717, 1.165) is 13.1 Å². The third-order valence-corrected chi connectivity index (χ3v) is 5.26. The summed E-state index contributed by atoms with van der Waals surface area (Å²) in [6, 6.07) is 10.3. The van der Waals surface area contributed by atoms with E-state index in [9.17, 15) is 14.9 Å². The molecule has 0 saturated carbocycles. The Hall–Kier alpha value is -3.29. The number of non-ortho nitro benzene ring substituents is 1. The number of nitro groups is 1. The number of carbonyl (C=O) groups is 1. The van der Waals surface area contributed by atoms with Crippen LogP contribution >= 0.6 is 0 Å². The Morgan fingerprint density at radius 2 is 1.83 bits per heavy atom. The fourth-order valence-electron chi connectivity index (χ4n) is 3.40. The largest absolute Gasteiger partial charge is 0.493 e. The van der Waals surface area contributed by atoms with E-state index in [-0.39, 0.29) is 24.0 Å². The van der Waals surface area contributed by atoms with Crippen LogP contribution in [0.1, 0.15) is 11.1 Å². The molecule has 0 unspecified atom stereocenters. The molecule has 3 rings (SSSR count). The van der Waals surface area contributed by atoms with Crippen molar-refractivity contribution < 1.29 is 19.2 Å². The number of nitro benzene ring substituents is 1. The predicted octanol–water partition coefficient (Wildman–Crippen LogP) is 2.95. The molecule has 8 heteroatoms. The Kier molecular flexibility index (Phi) is 6.21. The first-order valence-electron chi connectivity index (χ1n) is 9.45. The van der Waals surface area contributed by atoms with Crippen LogP contribution < -0.4 is 14.4 Å². The highest BCUT2D eigenvalue weighted by Gasteiger charge is 2.23. The van der Waals surface area contributed by atoms with Gasteiger partial charge in [0, 0.05) is 37.9 Å². The monoisotopic (exact) mass is 399 g/mol. The van der Waals surface area contributed by atoms with Crippen LogP contribution in [0.25, 0.3) is 0 Å². The van der Waals surface area contributed by atoms with Crippen LogP contribution in [0.3, 0.4) is 0 Å². The van der Waals surface area contributed by atoms with Gasteiger partial charge in [0.15, 0.2) is 18.1 Å². The maximum atomic E-state index is 12.6. The number of hydrogen-bond donors (Lipinski definition) is 0. The van der Waals surface area contributed by atoms with Crippen molar-refractivity contribution in [3.8, 4) is 11.5 Å². The fraction of sp³-hybridized carbons (Fsp3) is 0.381. The molecule has 0 bridgehead atoms. The van der Waals surface area contributed by atoms with Gasteiger partial charge < -0.3 is 19.3 Å². The zero-order valence-corrected chi connectivity index (χ0v) is 16.9. The Bertz CT molecular complexity index is 907. The molecule has 1 amide bonds. The predicted molar refractivity (Wildman–Crippen MR) is 110 cm³/mol. The summed E-state index contributed by atoms with van der Waals surface area (Å²) in [7, 11) is 1.45. The Morgan fingerprint density at radius 3 is 2.48 bits per heavy atom. The molecule has 2 aromatic carbocycles. The van der Waals surface area contributed by atoms with E-state index in [4.69, 9.17) is 9.47 Å². The van der Waals surface area contributed by atoms with Gasteiger partial charge in [0.1, 0.15) is 0 Å². The zero-order chi connectivity index (χ0) is 21.0. The number of amides is 1. The normalized spacial score (nSPS) is 13.9. The first-order chi connectivity index (χ1) is 13.9. The molecule has 1 heterocycles. The van der Waals surface area contributed by atoms with Crippen molar-refractivity contribution in [2.75, 3.05) is 44.8 Å². The van der Waals surface area contributed by atoms with Gasteiger partial charge in [-0.2, -0.15) is 0 Å². The third kappa shape index (κ3) is 4.59. The summed E-state index contributed by atoms with van der Waals surface area (Å²) >= 11 is 0. The average molecular weight is 399 g/mol. The summed E-state index contributed by atoms with van der Waals surface area (Å²) in [4.78, 5) is 27.1. The van der Waals surface area contributed by atoms with Crippen LogP contribution in [0.15, 0.2) is 36.4 Å². The number of anilines is 1. The SMILES string of the molecule is COc1ccc([N+](=O)[O-])cc1OCC(=O)N1CCN(c2cccc(C)c2C)CC1. The molecule has 0 N–H and O–H groups in total. The van der Waals surface area contributed by atoms with Crippen LogP contribution in [0.4, 0.5) is 11.4 Å². The highest BCUT2D eigenvalue weighted by molar-refractivity contribution is 5.78. The van der Waals surface area contributed by atoms with Crippen molar-refractivity contribution in [2.45, 2.75) is 13.8 Å². The van der Waals surface area contributed by atoms with Gasteiger partial charge in [-0.15, -0.1) is 0 Å². The number of hydrogen-bond acceptors (Lipinski definition) is 6. The molecule has 0 atom stereocenters. The van der Waals surface area contributed by atoms with Crippen molar-refractivity contribution in [1.82, 2.24) is 4.90 Å². The van der Waals surface area contributed by atoms with E-state index in [0.29, 0.717) is 18.8 Å². The molecule has 154 valence electrons.